The highest BCUT2D eigenvalue weighted by Gasteiger charge is 2.30. The normalized spacial score (nSPS) is 17.3. The van der Waals surface area contributed by atoms with Gasteiger partial charge in [-0.05, 0) is 42.9 Å². The molecule has 0 unspecified atom stereocenters. The average molecular weight is 295 g/mol. The highest BCUT2D eigenvalue weighted by molar-refractivity contribution is 6.29. The monoisotopic (exact) mass is 294 g/mol. The third-order valence-corrected chi connectivity index (χ3v) is 4.07. The van der Waals surface area contributed by atoms with E-state index in [1.165, 1.54) is 5.56 Å². The van der Waals surface area contributed by atoms with E-state index in [0.717, 1.165) is 32.4 Å². The Morgan fingerprint density at radius 2 is 2.05 bits per heavy atom. The van der Waals surface area contributed by atoms with Crippen LogP contribution in [0.5, 0.6) is 0 Å². The largest absolute Gasteiger partial charge is 0.342 e. The number of hydrogen-bond donors (Lipinski definition) is 0. The summed E-state index contributed by atoms with van der Waals surface area (Å²) in [5.41, 5.74) is 0.969. The number of amides is 1. The number of nitrogens with zero attached hydrogens (tertiary/aromatic N) is 2. The van der Waals surface area contributed by atoms with E-state index in [0.29, 0.717) is 11.1 Å². The summed E-state index contributed by atoms with van der Waals surface area (Å²) in [5, 5.41) is 0.558. The molecule has 1 aromatic heterocycles. The number of carbonyl (C=O) groups is 1. The summed E-state index contributed by atoms with van der Waals surface area (Å²) in [4.78, 5) is 18.2. The Hall–Kier alpha value is -1.09. The van der Waals surface area contributed by atoms with Gasteiger partial charge in [0.15, 0.2) is 0 Å². The lowest BCUT2D eigenvalue weighted by molar-refractivity contribution is -0.140. The first kappa shape index (κ1) is 15.3. The molecular weight excluding hydrogens is 272 g/mol. The number of pyridine rings is 1. The summed E-state index contributed by atoms with van der Waals surface area (Å²) < 4.78 is 0. The number of likely N-dealkylation sites (tertiary alicyclic amines) is 1. The van der Waals surface area contributed by atoms with Gasteiger partial charge < -0.3 is 4.90 Å². The number of rotatable bonds is 2. The second-order valence-electron chi connectivity index (χ2n) is 6.68. The fourth-order valence-corrected chi connectivity index (χ4v) is 2.91. The van der Waals surface area contributed by atoms with Crippen LogP contribution in [0.4, 0.5) is 0 Å². The number of hydrogen-bond acceptors (Lipinski definition) is 2. The maximum absolute atomic E-state index is 12.2. The summed E-state index contributed by atoms with van der Waals surface area (Å²) in [6.07, 6.45) is 4.93. The molecule has 0 bridgehead atoms. The van der Waals surface area contributed by atoms with Gasteiger partial charge in [-0.1, -0.05) is 32.4 Å². The van der Waals surface area contributed by atoms with Crippen molar-refractivity contribution in [3.8, 4) is 0 Å². The Kier molecular flexibility index (Phi) is 4.69. The molecule has 0 aromatic carbocycles. The van der Waals surface area contributed by atoms with Gasteiger partial charge in [0.2, 0.25) is 5.91 Å². The van der Waals surface area contributed by atoms with Gasteiger partial charge in [-0.2, -0.15) is 0 Å². The van der Waals surface area contributed by atoms with Crippen molar-refractivity contribution in [3.05, 3.63) is 29.0 Å². The highest BCUT2D eigenvalue weighted by atomic mass is 35.5. The molecule has 1 aliphatic rings. The molecule has 0 atom stereocenters. The highest BCUT2D eigenvalue weighted by Crippen LogP contribution is 2.26. The topological polar surface area (TPSA) is 33.2 Å². The van der Waals surface area contributed by atoms with Crippen molar-refractivity contribution < 1.29 is 4.79 Å². The number of piperidine rings is 1. The molecule has 0 saturated carbocycles. The Morgan fingerprint density at radius 1 is 1.40 bits per heavy atom. The standard InChI is InChI=1S/C16H23ClN2O/c1-16(2,3)15(20)19-8-5-12(6-9-19)10-13-4-7-18-14(17)11-13/h4,7,11-12H,5-6,8-10H2,1-3H3. The number of halogens is 1. The molecule has 1 aromatic rings. The molecule has 1 aliphatic heterocycles. The zero-order valence-corrected chi connectivity index (χ0v) is 13.3. The van der Waals surface area contributed by atoms with Crippen molar-refractivity contribution in [3.63, 3.8) is 0 Å². The van der Waals surface area contributed by atoms with E-state index in [4.69, 9.17) is 11.6 Å². The summed E-state index contributed by atoms with van der Waals surface area (Å²) >= 11 is 5.91. The summed E-state index contributed by atoms with van der Waals surface area (Å²) in [7, 11) is 0. The first-order valence-electron chi connectivity index (χ1n) is 7.26. The van der Waals surface area contributed by atoms with Gasteiger partial charge in [-0.25, -0.2) is 4.98 Å². The van der Waals surface area contributed by atoms with Gasteiger partial charge in [0.05, 0.1) is 0 Å². The van der Waals surface area contributed by atoms with Crippen LogP contribution in [-0.2, 0) is 11.2 Å². The average Bonchev–Trinajstić information content (AvgIpc) is 2.38. The van der Waals surface area contributed by atoms with E-state index in [1.54, 1.807) is 6.20 Å². The lowest BCUT2D eigenvalue weighted by Crippen LogP contribution is -2.44. The van der Waals surface area contributed by atoms with Gasteiger partial charge >= 0.3 is 0 Å². The van der Waals surface area contributed by atoms with Crippen molar-refractivity contribution in [2.24, 2.45) is 11.3 Å². The summed E-state index contributed by atoms with van der Waals surface area (Å²) in [5.74, 6) is 0.903. The number of carbonyl (C=O) groups excluding carboxylic acids is 1. The van der Waals surface area contributed by atoms with E-state index in [-0.39, 0.29) is 11.3 Å². The fraction of sp³-hybridized carbons (Fsp3) is 0.625. The van der Waals surface area contributed by atoms with Crippen LogP contribution in [-0.4, -0.2) is 28.9 Å². The van der Waals surface area contributed by atoms with E-state index in [9.17, 15) is 4.79 Å². The van der Waals surface area contributed by atoms with Gasteiger partial charge in [0.1, 0.15) is 5.15 Å². The second kappa shape index (κ2) is 6.13. The lowest BCUT2D eigenvalue weighted by Gasteiger charge is -2.35. The maximum atomic E-state index is 12.2. The Labute approximate surface area is 126 Å². The molecule has 0 radical (unpaired) electrons. The lowest BCUT2D eigenvalue weighted by atomic mass is 9.88. The van der Waals surface area contributed by atoms with Crippen LogP contribution in [0.15, 0.2) is 18.3 Å². The molecule has 0 N–H and O–H groups in total. The molecule has 0 spiro atoms. The minimum atomic E-state index is -0.272. The summed E-state index contributed by atoms with van der Waals surface area (Å²) in [6.45, 7) is 7.71. The zero-order valence-electron chi connectivity index (χ0n) is 12.5. The fourth-order valence-electron chi connectivity index (χ4n) is 2.72. The molecular formula is C16H23ClN2O. The third kappa shape index (κ3) is 3.95. The predicted molar refractivity (Wildman–Crippen MR) is 81.7 cm³/mol. The molecule has 1 amide bonds. The predicted octanol–water partition coefficient (Wildman–Crippen LogP) is 3.56. The van der Waals surface area contributed by atoms with Gasteiger partial charge in [0.25, 0.3) is 0 Å². The Bertz CT molecular complexity index is 474. The molecule has 4 heteroatoms. The first-order chi connectivity index (χ1) is 9.36. The van der Waals surface area contributed by atoms with Crippen molar-refractivity contribution in [2.75, 3.05) is 13.1 Å². The van der Waals surface area contributed by atoms with Crippen LogP contribution in [0.1, 0.15) is 39.2 Å². The summed E-state index contributed by atoms with van der Waals surface area (Å²) in [6, 6.07) is 3.97. The van der Waals surface area contributed by atoms with Crippen LogP contribution >= 0.6 is 11.6 Å². The van der Waals surface area contributed by atoms with Gasteiger partial charge in [0, 0.05) is 24.7 Å². The van der Waals surface area contributed by atoms with Crippen molar-refractivity contribution in [2.45, 2.75) is 40.0 Å². The molecule has 2 rings (SSSR count). The molecule has 1 saturated heterocycles. The van der Waals surface area contributed by atoms with E-state index < -0.39 is 0 Å². The molecule has 0 aliphatic carbocycles. The first-order valence-corrected chi connectivity index (χ1v) is 7.64. The van der Waals surface area contributed by atoms with E-state index in [1.807, 2.05) is 37.8 Å². The van der Waals surface area contributed by atoms with Crippen LogP contribution in [0, 0.1) is 11.3 Å². The number of aromatic nitrogens is 1. The molecule has 110 valence electrons. The van der Waals surface area contributed by atoms with Crippen LogP contribution < -0.4 is 0 Å². The Morgan fingerprint density at radius 3 is 2.60 bits per heavy atom. The third-order valence-electron chi connectivity index (χ3n) is 3.86. The second-order valence-corrected chi connectivity index (χ2v) is 7.06. The zero-order chi connectivity index (χ0) is 14.8. The molecule has 20 heavy (non-hydrogen) atoms. The van der Waals surface area contributed by atoms with Crippen molar-refractivity contribution in [1.82, 2.24) is 9.88 Å². The maximum Gasteiger partial charge on any atom is 0.227 e. The smallest absolute Gasteiger partial charge is 0.227 e. The van der Waals surface area contributed by atoms with Crippen molar-refractivity contribution in [1.29, 1.82) is 0 Å². The van der Waals surface area contributed by atoms with Crippen LogP contribution in [0.25, 0.3) is 0 Å². The minimum absolute atomic E-state index is 0.267. The van der Waals surface area contributed by atoms with Gasteiger partial charge in [-0.15, -0.1) is 0 Å². The van der Waals surface area contributed by atoms with Crippen LogP contribution in [0.2, 0.25) is 5.15 Å². The van der Waals surface area contributed by atoms with Crippen molar-refractivity contribution >= 4 is 17.5 Å². The van der Waals surface area contributed by atoms with Crippen LogP contribution in [0.3, 0.4) is 0 Å². The van der Waals surface area contributed by atoms with E-state index >= 15 is 0 Å². The molecule has 2 heterocycles. The van der Waals surface area contributed by atoms with Gasteiger partial charge in [-0.3, -0.25) is 4.79 Å². The quantitative estimate of drug-likeness (QED) is 0.781. The SMILES string of the molecule is CC(C)(C)C(=O)N1CCC(Cc2ccnc(Cl)c2)CC1. The molecule has 3 nitrogen and oxygen atoms in total. The van der Waals surface area contributed by atoms with E-state index in [2.05, 4.69) is 4.98 Å². The Balaban J connectivity index is 1.87. The minimum Gasteiger partial charge on any atom is -0.342 e. The molecule has 1 fully saturated rings.